The van der Waals surface area contributed by atoms with Gasteiger partial charge < -0.3 is 9.47 Å². The largest absolute Gasteiger partial charge is 0.462 e. The van der Waals surface area contributed by atoms with Crippen molar-refractivity contribution in [2.45, 2.75) is 55.4 Å². The Morgan fingerprint density at radius 1 is 1.11 bits per heavy atom. The van der Waals surface area contributed by atoms with Crippen LogP contribution in [0.1, 0.15) is 37.7 Å². The third-order valence-corrected chi connectivity index (χ3v) is 6.97. The second-order valence-corrected chi connectivity index (χ2v) is 8.74. The van der Waals surface area contributed by atoms with E-state index in [0.29, 0.717) is 6.61 Å². The van der Waals surface area contributed by atoms with Crippen LogP contribution in [0.15, 0.2) is 41.6 Å². The number of aromatic nitrogens is 1. The molecule has 1 saturated heterocycles. The topological polar surface area (TPSA) is 34.6 Å². The van der Waals surface area contributed by atoms with Crippen molar-refractivity contribution in [3.8, 4) is 16.9 Å². The molecule has 0 radical (unpaired) electrons. The van der Waals surface area contributed by atoms with E-state index in [2.05, 4.69) is 40.4 Å². The minimum Gasteiger partial charge on any atom is -0.462 e. The molecule has 2 aliphatic heterocycles. The predicted octanol–water partition coefficient (Wildman–Crippen LogP) is 4.72. The Labute approximate surface area is 165 Å². The monoisotopic (exact) mass is 382 g/mol. The van der Waals surface area contributed by atoms with E-state index < -0.39 is 5.79 Å². The fraction of sp³-hybridized carbons (Fsp3) is 0.500. The lowest BCUT2D eigenvalue weighted by molar-refractivity contribution is -0.231. The number of thioether (sulfide) groups is 1. The smallest absolute Gasteiger partial charge is 0.213 e. The fourth-order valence-corrected chi connectivity index (χ4v) is 4.74. The van der Waals surface area contributed by atoms with Gasteiger partial charge in [-0.25, -0.2) is 0 Å². The molecule has 3 aliphatic rings. The summed E-state index contributed by atoms with van der Waals surface area (Å²) in [4.78, 5) is 8.16. The van der Waals surface area contributed by atoms with Crippen molar-refractivity contribution in [3.05, 3.63) is 42.2 Å². The zero-order valence-corrected chi connectivity index (χ0v) is 16.6. The number of hydrogen-bond donors (Lipinski definition) is 0. The summed E-state index contributed by atoms with van der Waals surface area (Å²) in [6.07, 6.45) is 12.0. The zero-order chi connectivity index (χ0) is 18.3. The van der Waals surface area contributed by atoms with Crippen molar-refractivity contribution >= 4 is 11.8 Å². The average molecular weight is 383 g/mol. The third kappa shape index (κ3) is 3.37. The quantitative estimate of drug-likeness (QED) is 0.718. The van der Waals surface area contributed by atoms with Crippen LogP contribution in [0.25, 0.3) is 11.1 Å². The van der Waals surface area contributed by atoms with Crippen molar-refractivity contribution in [2.24, 2.45) is 0 Å². The number of ether oxygens (including phenoxy) is 2. The Bertz CT molecular complexity index is 829. The third-order valence-electron chi connectivity index (χ3n) is 6.28. The van der Waals surface area contributed by atoms with Gasteiger partial charge in [-0.15, -0.1) is 11.8 Å². The molecule has 1 aromatic heterocycles. The molecule has 142 valence electrons. The summed E-state index contributed by atoms with van der Waals surface area (Å²) >= 11 is 1.71. The Balaban J connectivity index is 1.32. The van der Waals surface area contributed by atoms with E-state index in [4.69, 9.17) is 9.47 Å². The SMILES string of the molecule is CSc1cncc(-c2ccc3c(c2)COC2(CCN(C4CCC4)CC2)O3)c1. The zero-order valence-electron chi connectivity index (χ0n) is 15.8. The molecule has 3 heterocycles. The van der Waals surface area contributed by atoms with E-state index in [-0.39, 0.29) is 0 Å². The lowest BCUT2D eigenvalue weighted by Gasteiger charge is -2.47. The van der Waals surface area contributed by atoms with Gasteiger partial charge in [0.05, 0.1) is 6.61 Å². The summed E-state index contributed by atoms with van der Waals surface area (Å²) in [5, 5.41) is 0. The molecule has 0 N–H and O–H groups in total. The lowest BCUT2D eigenvalue weighted by Crippen LogP contribution is -2.54. The molecule has 5 rings (SSSR count). The number of likely N-dealkylation sites (tertiary alicyclic amines) is 1. The van der Waals surface area contributed by atoms with Crippen LogP contribution in [0, 0.1) is 0 Å². The maximum atomic E-state index is 6.41. The fourth-order valence-electron chi connectivity index (χ4n) is 4.33. The van der Waals surface area contributed by atoms with Crippen molar-refractivity contribution in [3.63, 3.8) is 0 Å². The van der Waals surface area contributed by atoms with E-state index in [0.717, 1.165) is 48.8 Å². The number of benzene rings is 1. The van der Waals surface area contributed by atoms with Crippen LogP contribution in [0.5, 0.6) is 5.75 Å². The van der Waals surface area contributed by atoms with Crippen LogP contribution in [0.3, 0.4) is 0 Å². The van der Waals surface area contributed by atoms with Gasteiger partial charge in [-0.1, -0.05) is 12.5 Å². The predicted molar refractivity (Wildman–Crippen MR) is 108 cm³/mol. The molecule has 0 bridgehead atoms. The molecule has 5 heteroatoms. The second-order valence-electron chi connectivity index (χ2n) is 7.86. The molecule has 4 nitrogen and oxygen atoms in total. The molecule has 0 unspecified atom stereocenters. The molecule has 1 spiro atoms. The van der Waals surface area contributed by atoms with Gasteiger partial charge in [0, 0.05) is 60.4 Å². The van der Waals surface area contributed by atoms with E-state index in [1.807, 2.05) is 12.4 Å². The number of pyridine rings is 1. The van der Waals surface area contributed by atoms with Crippen molar-refractivity contribution < 1.29 is 9.47 Å². The highest BCUT2D eigenvalue weighted by Crippen LogP contribution is 2.40. The van der Waals surface area contributed by atoms with Crippen molar-refractivity contribution in [1.29, 1.82) is 0 Å². The molecule has 1 saturated carbocycles. The first kappa shape index (κ1) is 17.5. The van der Waals surface area contributed by atoms with Gasteiger partial charge in [0.1, 0.15) is 5.75 Å². The van der Waals surface area contributed by atoms with Crippen LogP contribution < -0.4 is 4.74 Å². The lowest BCUT2D eigenvalue weighted by atomic mass is 9.89. The van der Waals surface area contributed by atoms with Crippen LogP contribution in [-0.2, 0) is 11.3 Å². The Morgan fingerprint density at radius 3 is 2.70 bits per heavy atom. The molecular weight excluding hydrogens is 356 g/mol. The van der Waals surface area contributed by atoms with E-state index >= 15 is 0 Å². The van der Waals surface area contributed by atoms with Crippen LogP contribution in [0.2, 0.25) is 0 Å². The van der Waals surface area contributed by atoms with Crippen LogP contribution in [0.4, 0.5) is 0 Å². The Hall–Kier alpha value is -1.56. The minimum atomic E-state index is -0.422. The number of piperidine rings is 1. The van der Waals surface area contributed by atoms with Gasteiger partial charge in [0.25, 0.3) is 0 Å². The highest BCUT2D eigenvalue weighted by Gasteiger charge is 2.42. The number of fused-ring (bicyclic) bond motifs is 1. The molecule has 2 aromatic rings. The van der Waals surface area contributed by atoms with Gasteiger partial charge in [-0.3, -0.25) is 9.88 Å². The second kappa shape index (κ2) is 7.12. The van der Waals surface area contributed by atoms with Gasteiger partial charge in [0.2, 0.25) is 5.79 Å². The van der Waals surface area contributed by atoms with E-state index in [9.17, 15) is 0 Å². The molecule has 1 aromatic carbocycles. The minimum absolute atomic E-state index is 0.422. The summed E-state index contributed by atoms with van der Waals surface area (Å²) in [6, 6.07) is 9.43. The number of rotatable bonds is 3. The normalized spacial score (nSPS) is 22.1. The highest BCUT2D eigenvalue weighted by atomic mass is 32.2. The first-order valence-corrected chi connectivity index (χ1v) is 11.2. The summed E-state index contributed by atoms with van der Waals surface area (Å²) < 4.78 is 12.7. The molecule has 0 amide bonds. The summed E-state index contributed by atoms with van der Waals surface area (Å²) in [5.41, 5.74) is 3.44. The Morgan fingerprint density at radius 2 is 1.96 bits per heavy atom. The van der Waals surface area contributed by atoms with E-state index in [1.165, 1.54) is 29.7 Å². The van der Waals surface area contributed by atoms with Gasteiger partial charge in [0.15, 0.2) is 0 Å². The summed E-state index contributed by atoms with van der Waals surface area (Å²) in [7, 11) is 0. The van der Waals surface area contributed by atoms with Crippen molar-refractivity contribution in [2.75, 3.05) is 19.3 Å². The molecule has 0 atom stereocenters. The standard InChI is InChI=1S/C22H26N2O2S/c1-27-20-12-17(13-23-14-20)16-5-6-21-18(11-16)15-25-22(26-21)7-9-24(10-8-22)19-3-2-4-19/h5-6,11-14,19H,2-4,7-10,15H2,1H3. The summed E-state index contributed by atoms with van der Waals surface area (Å²) in [6.45, 7) is 2.80. The molecule has 2 fully saturated rings. The number of nitrogens with zero attached hydrogens (tertiary/aromatic N) is 2. The maximum absolute atomic E-state index is 6.41. The maximum Gasteiger partial charge on any atom is 0.213 e. The molecule has 1 aliphatic carbocycles. The van der Waals surface area contributed by atoms with Gasteiger partial charge >= 0.3 is 0 Å². The Kier molecular flexibility index (Phi) is 4.62. The first-order chi connectivity index (χ1) is 13.2. The van der Waals surface area contributed by atoms with E-state index in [1.54, 1.807) is 11.8 Å². The van der Waals surface area contributed by atoms with Gasteiger partial charge in [-0.05, 0) is 42.9 Å². The first-order valence-electron chi connectivity index (χ1n) is 9.94. The molecule has 27 heavy (non-hydrogen) atoms. The number of hydrogen-bond acceptors (Lipinski definition) is 5. The van der Waals surface area contributed by atoms with Crippen LogP contribution in [-0.4, -0.2) is 41.1 Å². The van der Waals surface area contributed by atoms with Crippen molar-refractivity contribution in [1.82, 2.24) is 9.88 Å². The average Bonchev–Trinajstić information content (AvgIpc) is 2.68. The highest BCUT2D eigenvalue weighted by molar-refractivity contribution is 7.98. The summed E-state index contributed by atoms with van der Waals surface area (Å²) in [5.74, 6) is 0.561. The van der Waals surface area contributed by atoms with Crippen LogP contribution >= 0.6 is 11.8 Å². The molecular formula is C22H26N2O2S. The van der Waals surface area contributed by atoms with Gasteiger partial charge in [-0.2, -0.15) is 0 Å².